The van der Waals surface area contributed by atoms with E-state index in [0.717, 1.165) is 35.3 Å². The third-order valence-corrected chi connectivity index (χ3v) is 4.97. The molecule has 0 spiro atoms. The van der Waals surface area contributed by atoms with Crippen LogP contribution in [0.3, 0.4) is 0 Å². The van der Waals surface area contributed by atoms with Gasteiger partial charge in [0.2, 0.25) is 0 Å². The van der Waals surface area contributed by atoms with E-state index >= 15 is 0 Å². The van der Waals surface area contributed by atoms with E-state index in [1.54, 1.807) is 13.2 Å². The number of rotatable bonds is 6. The molecule has 0 saturated carbocycles. The van der Waals surface area contributed by atoms with Crippen LogP contribution < -0.4 is 10.1 Å². The maximum Gasteiger partial charge on any atom is 0.142 e. The average molecular weight is 350 g/mol. The maximum absolute atomic E-state index is 13.6. The van der Waals surface area contributed by atoms with E-state index in [-0.39, 0.29) is 29.4 Å². The van der Waals surface area contributed by atoms with Crippen LogP contribution in [0.2, 0.25) is 5.02 Å². The first-order chi connectivity index (χ1) is 11.6. The second-order valence-corrected chi connectivity index (χ2v) is 6.52. The lowest BCUT2D eigenvalue weighted by atomic mass is 9.99. The van der Waals surface area contributed by atoms with Crippen LogP contribution >= 0.6 is 11.6 Å². The first kappa shape index (κ1) is 17.2. The molecule has 2 N–H and O–H groups in total. The number of fused-ring (bicyclic) bond motifs is 1. The number of nitrogens with one attached hydrogen (secondary N) is 1. The van der Waals surface area contributed by atoms with Gasteiger partial charge in [-0.05, 0) is 53.8 Å². The van der Waals surface area contributed by atoms with Crippen molar-refractivity contribution in [3.8, 4) is 5.75 Å². The van der Waals surface area contributed by atoms with E-state index in [1.807, 2.05) is 24.3 Å². The van der Waals surface area contributed by atoms with E-state index < -0.39 is 0 Å². The minimum absolute atomic E-state index is 0.00382. The number of aliphatic hydroxyl groups excluding tert-OH is 1. The number of methoxy groups -OCH3 is 1. The van der Waals surface area contributed by atoms with E-state index in [1.165, 1.54) is 6.07 Å². The zero-order chi connectivity index (χ0) is 17.1. The SMILES string of the molecule is COc1ccc(C(CO)CNC2CCc3cc(F)c(Cl)cc32)cc1. The molecule has 0 saturated heterocycles. The normalized spacial score (nSPS) is 17.6. The Bertz CT molecular complexity index is 705. The fourth-order valence-corrected chi connectivity index (χ4v) is 3.43. The van der Waals surface area contributed by atoms with Crippen LogP contribution in [0, 0.1) is 5.82 Å². The third-order valence-electron chi connectivity index (χ3n) is 4.68. The number of ether oxygens (including phenoxy) is 1. The van der Waals surface area contributed by atoms with E-state index in [4.69, 9.17) is 16.3 Å². The highest BCUT2D eigenvalue weighted by Gasteiger charge is 2.24. The van der Waals surface area contributed by atoms with E-state index in [0.29, 0.717) is 6.54 Å². The lowest BCUT2D eigenvalue weighted by Crippen LogP contribution is -2.27. The van der Waals surface area contributed by atoms with Crippen LogP contribution in [0.5, 0.6) is 5.75 Å². The van der Waals surface area contributed by atoms with Crippen molar-refractivity contribution in [2.75, 3.05) is 20.3 Å². The summed E-state index contributed by atoms with van der Waals surface area (Å²) in [5.41, 5.74) is 3.13. The fourth-order valence-electron chi connectivity index (χ4n) is 3.26. The zero-order valence-corrected chi connectivity index (χ0v) is 14.3. The molecule has 3 rings (SSSR count). The third kappa shape index (κ3) is 3.56. The van der Waals surface area contributed by atoms with Crippen molar-refractivity contribution in [3.63, 3.8) is 0 Å². The molecule has 2 unspecified atom stereocenters. The van der Waals surface area contributed by atoms with Crippen molar-refractivity contribution in [2.45, 2.75) is 24.8 Å². The van der Waals surface area contributed by atoms with Crippen molar-refractivity contribution in [3.05, 3.63) is 63.9 Å². The average Bonchev–Trinajstić information content (AvgIpc) is 2.98. The Hall–Kier alpha value is -1.62. The minimum Gasteiger partial charge on any atom is -0.497 e. The molecule has 0 amide bonds. The molecule has 0 aliphatic heterocycles. The molecule has 0 bridgehead atoms. The van der Waals surface area contributed by atoms with Gasteiger partial charge in [0.1, 0.15) is 11.6 Å². The first-order valence-corrected chi connectivity index (χ1v) is 8.46. The molecule has 128 valence electrons. The molecule has 5 heteroatoms. The standard InChI is InChI=1S/C19H21ClFNO2/c1-24-15-5-2-12(3-6-15)14(11-23)10-22-19-7-4-13-8-18(21)17(20)9-16(13)19/h2-3,5-6,8-9,14,19,22-23H,4,7,10-11H2,1H3. The molecule has 0 radical (unpaired) electrons. The van der Waals surface area contributed by atoms with Gasteiger partial charge in [0.05, 0.1) is 18.7 Å². The summed E-state index contributed by atoms with van der Waals surface area (Å²) < 4.78 is 18.7. The van der Waals surface area contributed by atoms with Crippen LogP contribution in [0.25, 0.3) is 0 Å². The predicted molar refractivity (Wildman–Crippen MR) is 93.3 cm³/mol. The summed E-state index contributed by atoms with van der Waals surface area (Å²) in [4.78, 5) is 0. The van der Waals surface area contributed by atoms with Gasteiger partial charge in [-0.1, -0.05) is 23.7 Å². The van der Waals surface area contributed by atoms with Gasteiger partial charge in [-0.2, -0.15) is 0 Å². The number of hydrogen-bond acceptors (Lipinski definition) is 3. The highest BCUT2D eigenvalue weighted by molar-refractivity contribution is 6.30. The largest absolute Gasteiger partial charge is 0.497 e. The second kappa shape index (κ2) is 7.51. The van der Waals surface area contributed by atoms with Crippen LogP contribution in [-0.4, -0.2) is 25.4 Å². The van der Waals surface area contributed by atoms with Crippen molar-refractivity contribution in [2.24, 2.45) is 0 Å². The Morgan fingerprint density at radius 1 is 1.33 bits per heavy atom. The van der Waals surface area contributed by atoms with Crippen molar-refractivity contribution in [1.82, 2.24) is 5.32 Å². The molecular formula is C19H21ClFNO2. The lowest BCUT2D eigenvalue weighted by Gasteiger charge is -2.20. The highest BCUT2D eigenvalue weighted by Crippen LogP contribution is 2.34. The van der Waals surface area contributed by atoms with Crippen molar-refractivity contribution in [1.29, 1.82) is 0 Å². The van der Waals surface area contributed by atoms with Gasteiger partial charge in [0.25, 0.3) is 0 Å². The summed E-state index contributed by atoms with van der Waals surface area (Å²) in [5.74, 6) is 0.434. The summed E-state index contributed by atoms with van der Waals surface area (Å²) in [6.45, 7) is 0.699. The number of aryl methyl sites for hydroxylation is 1. The van der Waals surface area contributed by atoms with Gasteiger partial charge in [0.15, 0.2) is 0 Å². The maximum atomic E-state index is 13.6. The van der Waals surface area contributed by atoms with Crippen LogP contribution in [0.4, 0.5) is 4.39 Å². The van der Waals surface area contributed by atoms with E-state index in [2.05, 4.69) is 5.32 Å². The topological polar surface area (TPSA) is 41.5 Å². The van der Waals surface area contributed by atoms with Gasteiger partial charge in [-0.25, -0.2) is 4.39 Å². The highest BCUT2D eigenvalue weighted by atomic mass is 35.5. The molecule has 0 aromatic heterocycles. The molecule has 2 atom stereocenters. The summed E-state index contributed by atoms with van der Waals surface area (Å²) in [6, 6.07) is 11.1. The number of hydrogen-bond donors (Lipinski definition) is 2. The summed E-state index contributed by atoms with van der Waals surface area (Å²) in [7, 11) is 1.63. The first-order valence-electron chi connectivity index (χ1n) is 8.08. The lowest BCUT2D eigenvalue weighted by molar-refractivity contribution is 0.258. The van der Waals surface area contributed by atoms with Gasteiger partial charge in [-0.3, -0.25) is 0 Å². The molecule has 24 heavy (non-hydrogen) atoms. The van der Waals surface area contributed by atoms with Gasteiger partial charge in [0, 0.05) is 18.5 Å². The van der Waals surface area contributed by atoms with Crippen LogP contribution in [0.1, 0.15) is 35.1 Å². The zero-order valence-electron chi connectivity index (χ0n) is 13.6. The van der Waals surface area contributed by atoms with Crippen LogP contribution in [0.15, 0.2) is 36.4 Å². The molecule has 1 aliphatic rings. The van der Waals surface area contributed by atoms with Crippen molar-refractivity contribution >= 4 is 11.6 Å². The molecule has 3 nitrogen and oxygen atoms in total. The Balaban J connectivity index is 1.68. The molecular weight excluding hydrogens is 329 g/mol. The molecule has 2 aromatic carbocycles. The number of aliphatic hydroxyl groups is 1. The number of benzene rings is 2. The van der Waals surface area contributed by atoms with Gasteiger partial charge < -0.3 is 15.2 Å². The second-order valence-electron chi connectivity index (χ2n) is 6.12. The Kier molecular flexibility index (Phi) is 5.39. The molecule has 0 fully saturated rings. The summed E-state index contributed by atoms with van der Waals surface area (Å²) in [5, 5.41) is 13.4. The Morgan fingerprint density at radius 2 is 2.08 bits per heavy atom. The quantitative estimate of drug-likeness (QED) is 0.832. The van der Waals surface area contributed by atoms with Gasteiger partial charge in [-0.15, -0.1) is 0 Å². The minimum atomic E-state index is -0.359. The summed E-state index contributed by atoms with van der Waals surface area (Å²) in [6.07, 6.45) is 1.75. The smallest absolute Gasteiger partial charge is 0.142 e. The molecule has 0 heterocycles. The summed E-state index contributed by atoms with van der Waals surface area (Å²) >= 11 is 5.92. The molecule has 1 aliphatic carbocycles. The fraction of sp³-hybridized carbons (Fsp3) is 0.368. The van der Waals surface area contributed by atoms with Gasteiger partial charge >= 0.3 is 0 Å². The van der Waals surface area contributed by atoms with Crippen LogP contribution in [-0.2, 0) is 6.42 Å². The molecule has 2 aromatic rings. The predicted octanol–water partition coefficient (Wildman–Crippen LogP) is 3.84. The van der Waals surface area contributed by atoms with E-state index in [9.17, 15) is 9.50 Å². The Labute approximate surface area is 146 Å². The Morgan fingerprint density at radius 3 is 2.75 bits per heavy atom. The monoisotopic (exact) mass is 349 g/mol. The number of halogens is 2. The van der Waals surface area contributed by atoms with Crippen molar-refractivity contribution < 1.29 is 14.2 Å².